The number of aryl methyl sites for hydroxylation is 2. The van der Waals surface area contributed by atoms with Crippen molar-refractivity contribution in [2.45, 2.75) is 32.7 Å². The van der Waals surface area contributed by atoms with Gasteiger partial charge in [0.1, 0.15) is 5.82 Å². The van der Waals surface area contributed by atoms with Gasteiger partial charge in [-0.15, -0.1) is 0 Å². The van der Waals surface area contributed by atoms with E-state index in [-0.39, 0.29) is 0 Å². The number of rotatable bonds is 4. The molecule has 0 amide bonds. The number of anilines is 2. The Balaban J connectivity index is 1.85. The molecule has 1 aliphatic rings. The lowest BCUT2D eigenvalue weighted by Crippen LogP contribution is -2.24. The third-order valence-electron chi connectivity index (χ3n) is 4.04. The maximum absolute atomic E-state index is 6.04. The Morgan fingerprint density at radius 2 is 2.00 bits per heavy atom. The molecule has 0 atom stereocenters. The van der Waals surface area contributed by atoms with E-state index in [1.54, 1.807) is 0 Å². The molecule has 0 unspecified atom stereocenters. The van der Waals surface area contributed by atoms with Gasteiger partial charge in [-0.05, 0) is 49.4 Å². The summed E-state index contributed by atoms with van der Waals surface area (Å²) in [5.41, 5.74) is 10.8. The zero-order valence-electron chi connectivity index (χ0n) is 12.0. The Morgan fingerprint density at radius 3 is 2.80 bits per heavy atom. The molecule has 2 aromatic rings. The second kappa shape index (κ2) is 5.53. The van der Waals surface area contributed by atoms with Gasteiger partial charge < -0.3 is 10.6 Å². The number of nitrogens with two attached hydrogens (primary N) is 1. The highest BCUT2D eigenvalue weighted by atomic mass is 15.2. The van der Waals surface area contributed by atoms with Gasteiger partial charge in [-0.2, -0.15) is 0 Å². The number of hydrogen-bond acceptors (Lipinski definition) is 3. The first-order valence-electron chi connectivity index (χ1n) is 7.35. The standard InChI is InChI=1S/C17H21N3/c1-2-20(12-14-6-3-4-8-15(14)18)17-11-10-13-7-5-9-16(13)19-17/h3-4,6,8,10-11H,2,5,7,9,12,18H2,1H3. The van der Waals surface area contributed by atoms with Crippen LogP contribution in [0.4, 0.5) is 11.5 Å². The van der Waals surface area contributed by atoms with Gasteiger partial charge in [-0.3, -0.25) is 0 Å². The maximum Gasteiger partial charge on any atom is 0.129 e. The van der Waals surface area contributed by atoms with Crippen molar-refractivity contribution in [3.63, 3.8) is 0 Å². The predicted octanol–water partition coefficient (Wildman–Crippen LogP) is 3.18. The van der Waals surface area contributed by atoms with Gasteiger partial charge in [-0.1, -0.05) is 24.3 Å². The van der Waals surface area contributed by atoms with Crippen molar-refractivity contribution in [2.75, 3.05) is 17.2 Å². The molecule has 1 heterocycles. The Kier molecular flexibility index (Phi) is 3.59. The van der Waals surface area contributed by atoms with Crippen LogP contribution in [0.2, 0.25) is 0 Å². The van der Waals surface area contributed by atoms with Crippen LogP contribution in [-0.2, 0) is 19.4 Å². The van der Waals surface area contributed by atoms with E-state index in [2.05, 4.69) is 30.0 Å². The van der Waals surface area contributed by atoms with Crippen molar-refractivity contribution in [3.8, 4) is 0 Å². The Morgan fingerprint density at radius 1 is 1.15 bits per heavy atom. The molecule has 3 heteroatoms. The minimum absolute atomic E-state index is 0.814. The Bertz CT molecular complexity index is 607. The zero-order chi connectivity index (χ0) is 13.9. The second-order valence-corrected chi connectivity index (χ2v) is 5.34. The molecule has 0 aliphatic heterocycles. The fraction of sp³-hybridized carbons (Fsp3) is 0.353. The summed E-state index contributed by atoms with van der Waals surface area (Å²) in [4.78, 5) is 7.12. The lowest BCUT2D eigenvalue weighted by atomic mass is 10.1. The quantitative estimate of drug-likeness (QED) is 0.865. The van der Waals surface area contributed by atoms with Crippen molar-refractivity contribution in [1.29, 1.82) is 0 Å². The molecule has 20 heavy (non-hydrogen) atoms. The smallest absolute Gasteiger partial charge is 0.129 e. The molecule has 1 aromatic carbocycles. The second-order valence-electron chi connectivity index (χ2n) is 5.34. The molecule has 1 aromatic heterocycles. The number of para-hydroxylation sites is 1. The highest BCUT2D eigenvalue weighted by Gasteiger charge is 2.15. The molecule has 0 fully saturated rings. The third kappa shape index (κ3) is 2.48. The normalized spacial score (nSPS) is 13.2. The van der Waals surface area contributed by atoms with Crippen LogP contribution in [0.15, 0.2) is 36.4 Å². The van der Waals surface area contributed by atoms with E-state index < -0.39 is 0 Å². The van der Waals surface area contributed by atoms with Crippen molar-refractivity contribution in [1.82, 2.24) is 4.98 Å². The van der Waals surface area contributed by atoms with E-state index in [1.165, 1.54) is 24.1 Å². The van der Waals surface area contributed by atoms with Gasteiger partial charge >= 0.3 is 0 Å². The zero-order valence-corrected chi connectivity index (χ0v) is 12.0. The van der Waals surface area contributed by atoms with Crippen LogP contribution in [0.1, 0.15) is 30.2 Å². The summed E-state index contributed by atoms with van der Waals surface area (Å²) >= 11 is 0. The molecular weight excluding hydrogens is 246 g/mol. The lowest BCUT2D eigenvalue weighted by molar-refractivity contribution is 0.808. The van der Waals surface area contributed by atoms with E-state index in [0.29, 0.717) is 0 Å². The average Bonchev–Trinajstić information content (AvgIpc) is 2.94. The van der Waals surface area contributed by atoms with Crippen molar-refractivity contribution in [2.24, 2.45) is 0 Å². The molecule has 0 spiro atoms. The van der Waals surface area contributed by atoms with E-state index in [0.717, 1.165) is 36.6 Å². The summed E-state index contributed by atoms with van der Waals surface area (Å²) in [5.74, 6) is 1.07. The van der Waals surface area contributed by atoms with Crippen molar-refractivity contribution < 1.29 is 0 Å². The van der Waals surface area contributed by atoms with Gasteiger partial charge in [0.25, 0.3) is 0 Å². The number of pyridine rings is 1. The molecule has 0 bridgehead atoms. The summed E-state index contributed by atoms with van der Waals surface area (Å²) in [6.07, 6.45) is 3.54. The summed E-state index contributed by atoms with van der Waals surface area (Å²) in [5, 5.41) is 0. The fourth-order valence-electron chi connectivity index (χ4n) is 2.82. The molecular formula is C17H21N3. The SMILES string of the molecule is CCN(Cc1ccccc1N)c1ccc2c(n1)CCC2. The van der Waals surface area contributed by atoms with Crippen LogP contribution < -0.4 is 10.6 Å². The van der Waals surface area contributed by atoms with Gasteiger partial charge in [0.15, 0.2) is 0 Å². The van der Waals surface area contributed by atoms with Crippen LogP contribution in [0.25, 0.3) is 0 Å². The molecule has 0 saturated heterocycles. The first-order chi connectivity index (χ1) is 9.78. The average molecular weight is 267 g/mol. The van der Waals surface area contributed by atoms with Gasteiger partial charge in [0.2, 0.25) is 0 Å². The van der Waals surface area contributed by atoms with E-state index in [4.69, 9.17) is 10.7 Å². The van der Waals surface area contributed by atoms with Crippen LogP contribution in [-0.4, -0.2) is 11.5 Å². The van der Waals surface area contributed by atoms with E-state index in [9.17, 15) is 0 Å². The molecule has 104 valence electrons. The molecule has 0 saturated carbocycles. The van der Waals surface area contributed by atoms with Gasteiger partial charge in [-0.25, -0.2) is 4.98 Å². The van der Waals surface area contributed by atoms with Gasteiger partial charge in [0, 0.05) is 24.5 Å². The Hall–Kier alpha value is -2.03. The van der Waals surface area contributed by atoms with E-state index >= 15 is 0 Å². The first kappa shape index (κ1) is 13.0. The number of hydrogen-bond donors (Lipinski definition) is 1. The maximum atomic E-state index is 6.04. The number of benzene rings is 1. The van der Waals surface area contributed by atoms with E-state index in [1.807, 2.05) is 18.2 Å². The minimum atomic E-state index is 0.814. The molecule has 3 rings (SSSR count). The number of nitrogen functional groups attached to an aromatic ring is 1. The lowest BCUT2D eigenvalue weighted by Gasteiger charge is -2.23. The molecule has 2 N–H and O–H groups in total. The topological polar surface area (TPSA) is 42.1 Å². The molecule has 0 radical (unpaired) electrons. The first-order valence-corrected chi connectivity index (χ1v) is 7.35. The highest BCUT2D eigenvalue weighted by molar-refractivity contribution is 5.50. The van der Waals surface area contributed by atoms with Crippen molar-refractivity contribution in [3.05, 3.63) is 53.2 Å². The number of fused-ring (bicyclic) bond motifs is 1. The third-order valence-corrected chi connectivity index (χ3v) is 4.04. The van der Waals surface area contributed by atoms with Crippen LogP contribution in [0, 0.1) is 0 Å². The van der Waals surface area contributed by atoms with Crippen LogP contribution in [0.3, 0.4) is 0 Å². The van der Waals surface area contributed by atoms with Crippen LogP contribution in [0.5, 0.6) is 0 Å². The number of nitrogens with zero attached hydrogens (tertiary/aromatic N) is 2. The molecule has 3 nitrogen and oxygen atoms in total. The van der Waals surface area contributed by atoms with Crippen LogP contribution >= 0.6 is 0 Å². The summed E-state index contributed by atoms with van der Waals surface area (Å²) in [6, 6.07) is 12.4. The Labute approximate surface area is 120 Å². The minimum Gasteiger partial charge on any atom is -0.398 e. The van der Waals surface area contributed by atoms with Crippen molar-refractivity contribution >= 4 is 11.5 Å². The summed E-state index contributed by atoms with van der Waals surface area (Å²) < 4.78 is 0. The van der Waals surface area contributed by atoms with Gasteiger partial charge in [0.05, 0.1) is 0 Å². The fourth-order valence-corrected chi connectivity index (χ4v) is 2.82. The predicted molar refractivity (Wildman–Crippen MR) is 83.8 cm³/mol. The summed E-state index contributed by atoms with van der Waals surface area (Å²) in [6.45, 7) is 3.91. The highest BCUT2D eigenvalue weighted by Crippen LogP contribution is 2.24. The summed E-state index contributed by atoms with van der Waals surface area (Å²) in [7, 11) is 0. The number of aromatic nitrogens is 1. The monoisotopic (exact) mass is 267 g/mol. The largest absolute Gasteiger partial charge is 0.398 e. The molecule has 1 aliphatic carbocycles.